The minimum absolute atomic E-state index is 0.115. The Kier molecular flexibility index (Phi) is 5.93. The van der Waals surface area contributed by atoms with Crippen LogP contribution in [0.4, 0.5) is 0 Å². The second kappa shape index (κ2) is 8.68. The van der Waals surface area contributed by atoms with Crippen LogP contribution in [0.15, 0.2) is 38.6 Å². The Morgan fingerprint density at radius 1 is 0.806 bits per heavy atom. The highest BCUT2D eigenvalue weighted by molar-refractivity contribution is 7.90. The SMILES string of the molecule is Cc1ccc(S(=O)(=O)/N=C2/C(C3CC3)C(=NC3CCCCC3)N2C2CCCCC2)cc1. The van der Waals surface area contributed by atoms with Gasteiger partial charge in [0.15, 0.2) is 0 Å². The number of hydrogen-bond donors (Lipinski definition) is 0. The van der Waals surface area contributed by atoms with Crippen LogP contribution in [0, 0.1) is 18.8 Å². The summed E-state index contributed by atoms with van der Waals surface area (Å²) in [5.74, 6) is 2.59. The molecule has 1 unspecified atom stereocenters. The molecule has 5 nitrogen and oxygen atoms in total. The maximum atomic E-state index is 13.2. The Labute approximate surface area is 187 Å². The molecule has 0 amide bonds. The average molecular weight is 442 g/mol. The molecule has 31 heavy (non-hydrogen) atoms. The van der Waals surface area contributed by atoms with Crippen LogP contribution >= 0.6 is 0 Å². The molecule has 1 heterocycles. The van der Waals surface area contributed by atoms with Crippen molar-refractivity contribution in [1.82, 2.24) is 4.90 Å². The van der Waals surface area contributed by atoms with Crippen molar-refractivity contribution in [3.63, 3.8) is 0 Å². The number of aliphatic imine (C=N–C) groups is 1. The smallest absolute Gasteiger partial charge is 0.283 e. The van der Waals surface area contributed by atoms with Crippen LogP contribution in [0.2, 0.25) is 0 Å². The molecule has 1 aromatic rings. The van der Waals surface area contributed by atoms with E-state index in [0.717, 1.165) is 37.1 Å². The minimum Gasteiger partial charge on any atom is -0.313 e. The van der Waals surface area contributed by atoms with Gasteiger partial charge in [-0.1, -0.05) is 56.2 Å². The minimum atomic E-state index is -3.71. The van der Waals surface area contributed by atoms with Crippen LogP contribution < -0.4 is 0 Å². The van der Waals surface area contributed by atoms with Gasteiger partial charge >= 0.3 is 0 Å². The predicted octanol–water partition coefficient (Wildman–Crippen LogP) is 5.49. The molecule has 0 radical (unpaired) electrons. The molecule has 1 aliphatic heterocycles. The highest BCUT2D eigenvalue weighted by Crippen LogP contribution is 2.47. The lowest BCUT2D eigenvalue weighted by Crippen LogP contribution is -2.63. The fourth-order valence-corrected chi connectivity index (χ4v) is 6.59. The maximum Gasteiger partial charge on any atom is 0.283 e. The summed E-state index contributed by atoms with van der Waals surface area (Å²) in [6.45, 7) is 1.97. The molecule has 0 spiro atoms. The van der Waals surface area contributed by atoms with E-state index in [2.05, 4.69) is 9.30 Å². The summed E-state index contributed by atoms with van der Waals surface area (Å²) < 4.78 is 30.9. The van der Waals surface area contributed by atoms with E-state index >= 15 is 0 Å². The number of hydrogen-bond acceptors (Lipinski definition) is 3. The van der Waals surface area contributed by atoms with E-state index in [-0.39, 0.29) is 5.92 Å². The van der Waals surface area contributed by atoms with Crippen LogP contribution in [-0.2, 0) is 10.0 Å². The molecule has 6 heteroatoms. The second-order valence-corrected chi connectivity index (χ2v) is 11.6. The van der Waals surface area contributed by atoms with Gasteiger partial charge in [-0.05, 0) is 63.5 Å². The van der Waals surface area contributed by atoms with Crippen LogP contribution in [0.1, 0.15) is 82.6 Å². The van der Waals surface area contributed by atoms with E-state index in [1.807, 2.05) is 19.1 Å². The lowest BCUT2D eigenvalue weighted by atomic mass is 9.84. The summed E-state index contributed by atoms with van der Waals surface area (Å²) in [7, 11) is -3.71. The first-order chi connectivity index (χ1) is 15.0. The van der Waals surface area contributed by atoms with Gasteiger partial charge in [0.05, 0.1) is 16.9 Å². The van der Waals surface area contributed by atoms with Gasteiger partial charge in [0.25, 0.3) is 10.0 Å². The average Bonchev–Trinajstić information content (AvgIpc) is 3.59. The summed E-state index contributed by atoms with van der Waals surface area (Å²) in [5.41, 5.74) is 1.05. The Morgan fingerprint density at radius 2 is 1.42 bits per heavy atom. The van der Waals surface area contributed by atoms with E-state index < -0.39 is 10.0 Å². The molecule has 1 aromatic carbocycles. The standard InChI is InChI=1S/C25H35N3O2S/c1-18-12-16-22(17-13-18)31(29,30)27-25-23(19-14-15-19)24(26-20-8-4-2-5-9-20)28(25)21-10-6-3-7-11-21/h12-13,16-17,19-21,23H,2-11,14-15H2,1H3/b26-24?,27-25-. The number of nitrogens with zero attached hydrogens (tertiary/aromatic N) is 3. The van der Waals surface area contributed by atoms with Crippen molar-refractivity contribution in [3.05, 3.63) is 29.8 Å². The molecule has 1 saturated heterocycles. The molecular weight excluding hydrogens is 406 g/mol. The maximum absolute atomic E-state index is 13.2. The zero-order chi connectivity index (χ0) is 21.4. The van der Waals surface area contributed by atoms with E-state index in [1.54, 1.807) is 12.1 Å². The number of amidine groups is 2. The number of likely N-dealkylation sites (tertiary alicyclic amines) is 1. The van der Waals surface area contributed by atoms with Gasteiger partial charge in [0.1, 0.15) is 11.7 Å². The number of aryl methyl sites for hydroxylation is 1. The Bertz CT molecular complexity index is 951. The van der Waals surface area contributed by atoms with Crippen molar-refractivity contribution in [2.45, 2.75) is 101 Å². The highest BCUT2D eigenvalue weighted by Gasteiger charge is 2.53. The predicted molar refractivity (Wildman–Crippen MR) is 125 cm³/mol. The van der Waals surface area contributed by atoms with Crippen molar-refractivity contribution in [1.29, 1.82) is 0 Å². The first-order valence-electron chi connectivity index (χ1n) is 12.3. The third kappa shape index (κ3) is 4.46. The topological polar surface area (TPSA) is 62.1 Å². The van der Waals surface area contributed by atoms with Gasteiger partial charge in [0, 0.05) is 6.04 Å². The van der Waals surface area contributed by atoms with Gasteiger partial charge in [0.2, 0.25) is 0 Å². The molecule has 3 aliphatic carbocycles. The Balaban J connectivity index is 1.51. The summed E-state index contributed by atoms with van der Waals surface area (Å²) in [6, 6.07) is 7.83. The van der Waals surface area contributed by atoms with E-state index in [0.29, 0.717) is 22.9 Å². The first-order valence-corrected chi connectivity index (χ1v) is 13.8. The van der Waals surface area contributed by atoms with Crippen LogP contribution in [0.25, 0.3) is 0 Å². The summed E-state index contributed by atoms with van der Waals surface area (Å²) in [5, 5.41) is 0. The van der Waals surface area contributed by atoms with Crippen LogP contribution in [0.5, 0.6) is 0 Å². The number of rotatable bonds is 5. The van der Waals surface area contributed by atoms with E-state index in [1.165, 1.54) is 57.2 Å². The molecule has 1 atom stereocenters. The largest absolute Gasteiger partial charge is 0.313 e. The van der Waals surface area contributed by atoms with Crippen LogP contribution in [-0.4, -0.2) is 37.1 Å². The van der Waals surface area contributed by atoms with Crippen molar-refractivity contribution >= 4 is 21.7 Å². The molecular formula is C25H35N3O2S. The van der Waals surface area contributed by atoms with Crippen molar-refractivity contribution in [3.8, 4) is 0 Å². The fourth-order valence-electron chi connectivity index (χ4n) is 5.56. The van der Waals surface area contributed by atoms with Gasteiger partial charge in [-0.25, -0.2) is 0 Å². The molecule has 0 bridgehead atoms. The lowest BCUT2D eigenvalue weighted by Gasteiger charge is -2.49. The van der Waals surface area contributed by atoms with Crippen LogP contribution in [0.3, 0.4) is 0 Å². The van der Waals surface area contributed by atoms with Gasteiger partial charge in [-0.3, -0.25) is 4.99 Å². The summed E-state index contributed by atoms with van der Waals surface area (Å²) in [6.07, 6.45) is 14.5. The third-order valence-electron chi connectivity index (χ3n) is 7.51. The highest BCUT2D eigenvalue weighted by atomic mass is 32.2. The van der Waals surface area contributed by atoms with Gasteiger partial charge in [-0.2, -0.15) is 8.42 Å². The molecule has 4 aliphatic rings. The zero-order valence-electron chi connectivity index (χ0n) is 18.7. The van der Waals surface area contributed by atoms with Gasteiger partial charge < -0.3 is 4.90 Å². The molecule has 0 aromatic heterocycles. The van der Waals surface area contributed by atoms with Crippen molar-refractivity contribution in [2.24, 2.45) is 21.2 Å². The summed E-state index contributed by atoms with van der Waals surface area (Å²) >= 11 is 0. The Hall–Kier alpha value is -1.69. The van der Waals surface area contributed by atoms with Crippen molar-refractivity contribution in [2.75, 3.05) is 0 Å². The Morgan fingerprint density at radius 3 is 2.03 bits per heavy atom. The fraction of sp³-hybridized carbons (Fsp3) is 0.680. The summed E-state index contributed by atoms with van der Waals surface area (Å²) in [4.78, 5) is 7.83. The van der Waals surface area contributed by atoms with E-state index in [4.69, 9.17) is 4.99 Å². The first kappa shape index (κ1) is 21.2. The molecule has 4 fully saturated rings. The number of sulfonamides is 1. The molecule has 168 valence electrons. The molecule has 3 saturated carbocycles. The normalized spacial score (nSPS) is 28.8. The monoisotopic (exact) mass is 441 g/mol. The van der Waals surface area contributed by atoms with Crippen molar-refractivity contribution < 1.29 is 8.42 Å². The zero-order valence-corrected chi connectivity index (χ0v) is 19.5. The molecule has 5 rings (SSSR count). The third-order valence-corrected chi connectivity index (χ3v) is 8.80. The molecule has 0 N–H and O–H groups in total. The lowest BCUT2D eigenvalue weighted by molar-refractivity contribution is 0.278. The number of benzene rings is 1. The van der Waals surface area contributed by atoms with Gasteiger partial charge in [-0.15, -0.1) is 4.40 Å². The van der Waals surface area contributed by atoms with E-state index in [9.17, 15) is 8.42 Å². The quantitative estimate of drug-likeness (QED) is 0.607. The second-order valence-electron chi connectivity index (χ2n) is 9.99.